The van der Waals surface area contributed by atoms with Crippen molar-refractivity contribution in [1.82, 2.24) is 14.9 Å². The van der Waals surface area contributed by atoms with Crippen molar-refractivity contribution in [3.05, 3.63) is 70.7 Å². The number of ether oxygens (including phenoxy) is 1. The maximum Gasteiger partial charge on any atom is 0.433 e. The van der Waals surface area contributed by atoms with Crippen LogP contribution in [0.25, 0.3) is 22.0 Å². The summed E-state index contributed by atoms with van der Waals surface area (Å²) in [6, 6.07) is 12.6. The molecule has 0 saturated carbocycles. The van der Waals surface area contributed by atoms with Crippen LogP contribution < -0.4 is 10.1 Å². The number of pyridine rings is 2. The molecule has 5 nitrogen and oxygen atoms in total. The van der Waals surface area contributed by atoms with Gasteiger partial charge in [-0.25, -0.2) is 9.97 Å². The lowest BCUT2D eigenvalue weighted by atomic mass is 10.0. The van der Waals surface area contributed by atoms with E-state index in [2.05, 4.69) is 32.3 Å². The van der Waals surface area contributed by atoms with Crippen LogP contribution in [0.1, 0.15) is 24.1 Å². The number of methoxy groups -OCH3 is 1. The SMILES string of the molecule is COc1cccc(CN2CCC(Nc3ncc(-c4ccsc4)c4nc(C(F)(F)F)ccc34)CC2)c1. The first kappa shape index (κ1) is 23.6. The van der Waals surface area contributed by atoms with Crippen LogP contribution in [0.5, 0.6) is 5.75 Å². The number of nitrogens with one attached hydrogen (secondary N) is 1. The van der Waals surface area contributed by atoms with Crippen LogP contribution in [0, 0.1) is 0 Å². The van der Waals surface area contributed by atoms with Crippen molar-refractivity contribution in [2.45, 2.75) is 31.6 Å². The van der Waals surface area contributed by atoms with Gasteiger partial charge >= 0.3 is 6.18 Å². The molecule has 9 heteroatoms. The first-order valence-electron chi connectivity index (χ1n) is 11.4. The molecule has 1 saturated heterocycles. The van der Waals surface area contributed by atoms with E-state index in [1.54, 1.807) is 13.3 Å². The summed E-state index contributed by atoms with van der Waals surface area (Å²) in [5.74, 6) is 1.43. The minimum Gasteiger partial charge on any atom is -0.497 e. The Morgan fingerprint density at radius 1 is 1.14 bits per heavy atom. The lowest BCUT2D eigenvalue weighted by Gasteiger charge is -2.33. The molecule has 5 rings (SSSR count). The van der Waals surface area contributed by atoms with Gasteiger partial charge in [0, 0.05) is 42.8 Å². The summed E-state index contributed by atoms with van der Waals surface area (Å²) < 4.78 is 45.5. The number of aromatic nitrogens is 2. The smallest absolute Gasteiger partial charge is 0.433 e. The summed E-state index contributed by atoms with van der Waals surface area (Å²) in [7, 11) is 1.67. The predicted octanol–water partition coefficient (Wildman–Crippen LogP) is 6.46. The molecule has 0 radical (unpaired) electrons. The molecule has 0 unspecified atom stereocenters. The maximum absolute atomic E-state index is 13.4. The highest BCUT2D eigenvalue weighted by Gasteiger charge is 2.33. The molecular formula is C26H25F3N4OS. The Bertz CT molecular complexity index is 1300. The normalized spacial score (nSPS) is 15.4. The number of anilines is 1. The van der Waals surface area contributed by atoms with E-state index in [-0.39, 0.29) is 6.04 Å². The Morgan fingerprint density at radius 2 is 1.97 bits per heavy atom. The molecular weight excluding hydrogens is 473 g/mol. The Hall–Kier alpha value is -3.17. The van der Waals surface area contributed by atoms with Gasteiger partial charge in [-0.3, -0.25) is 4.90 Å². The van der Waals surface area contributed by atoms with E-state index in [0.29, 0.717) is 22.3 Å². The molecule has 1 aliphatic heterocycles. The molecule has 0 atom stereocenters. The average molecular weight is 499 g/mol. The number of benzene rings is 1. The Morgan fingerprint density at radius 3 is 2.69 bits per heavy atom. The number of hydrogen-bond donors (Lipinski definition) is 1. The number of alkyl halides is 3. The number of halogens is 3. The fourth-order valence-corrected chi connectivity index (χ4v) is 5.13. The summed E-state index contributed by atoms with van der Waals surface area (Å²) in [6.45, 7) is 2.68. The van der Waals surface area contributed by atoms with Crippen LogP contribution >= 0.6 is 11.3 Å². The summed E-state index contributed by atoms with van der Waals surface area (Å²) in [4.78, 5) is 11.0. The van der Waals surface area contributed by atoms with Crippen LogP contribution in [0.3, 0.4) is 0 Å². The van der Waals surface area contributed by atoms with Gasteiger partial charge in [0.2, 0.25) is 0 Å². The van der Waals surface area contributed by atoms with Gasteiger partial charge in [-0.05, 0) is 65.1 Å². The highest BCUT2D eigenvalue weighted by atomic mass is 32.1. The van der Waals surface area contributed by atoms with Crippen LogP contribution in [-0.4, -0.2) is 41.1 Å². The first-order valence-corrected chi connectivity index (χ1v) is 12.4. The molecule has 35 heavy (non-hydrogen) atoms. The zero-order valence-electron chi connectivity index (χ0n) is 19.2. The van der Waals surface area contributed by atoms with Crippen molar-refractivity contribution in [1.29, 1.82) is 0 Å². The number of fused-ring (bicyclic) bond motifs is 1. The van der Waals surface area contributed by atoms with Crippen molar-refractivity contribution in [3.63, 3.8) is 0 Å². The third kappa shape index (κ3) is 5.26. The molecule has 0 bridgehead atoms. The van der Waals surface area contributed by atoms with E-state index in [4.69, 9.17) is 4.74 Å². The summed E-state index contributed by atoms with van der Waals surface area (Å²) >= 11 is 1.48. The van der Waals surface area contributed by atoms with E-state index in [9.17, 15) is 13.2 Å². The molecule has 0 amide bonds. The summed E-state index contributed by atoms with van der Waals surface area (Å²) in [5, 5.41) is 7.86. The highest BCUT2D eigenvalue weighted by Crippen LogP contribution is 2.36. The van der Waals surface area contributed by atoms with Crippen LogP contribution in [0.2, 0.25) is 0 Å². The van der Waals surface area contributed by atoms with E-state index in [0.717, 1.165) is 49.9 Å². The molecule has 182 valence electrons. The molecule has 1 aromatic carbocycles. The first-order chi connectivity index (χ1) is 16.9. The predicted molar refractivity (Wildman–Crippen MR) is 133 cm³/mol. The third-order valence-corrected chi connectivity index (χ3v) is 7.00. The second-order valence-corrected chi connectivity index (χ2v) is 9.45. The molecule has 0 spiro atoms. The topological polar surface area (TPSA) is 50.3 Å². The number of piperidine rings is 1. The van der Waals surface area contributed by atoms with Gasteiger partial charge in [0.1, 0.15) is 17.3 Å². The van der Waals surface area contributed by atoms with Crippen LogP contribution in [0.15, 0.2) is 59.4 Å². The monoisotopic (exact) mass is 498 g/mol. The van der Waals surface area contributed by atoms with E-state index in [1.165, 1.54) is 23.0 Å². The van der Waals surface area contributed by atoms with Gasteiger partial charge < -0.3 is 10.1 Å². The largest absolute Gasteiger partial charge is 0.497 e. The van der Waals surface area contributed by atoms with E-state index in [1.807, 2.05) is 29.0 Å². The zero-order chi connectivity index (χ0) is 24.4. The third-order valence-electron chi connectivity index (χ3n) is 6.32. The van der Waals surface area contributed by atoms with Crippen molar-refractivity contribution < 1.29 is 17.9 Å². The second-order valence-electron chi connectivity index (χ2n) is 8.67. The van der Waals surface area contributed by atoms with Crippen molar-refractivity contribution in [2.75, 3.05) is 25.5 Å². The quantitative estimate of drug-likeness (QED) is 0.331. The summed E-state index contributed by atoms with van der Waals surface area (Å²) in [6.07, 6.45) is -1.06. The standard InChI is InChI=1S/C26H25F3N4OS/c1-34-20-4-2-3-17(13-20)15-33-10-7-19(8-11-33)31-25-21-5-6-23(26(27,28)29)32-24(21)22(14-30-25)18-9-12-35-16-18/h2-6,9,12-14,16,19H,7-8,10-11,15H2,1H3,(H,30,31). The van der Waals surface area contributed by atoms with E-state index >= 15 is 0 Å². The number of nitrogens with zero attached hydrogens (tertiary/aromatic N) is 3. The molecule has 4 aromatic rings. The van der Waals surface area contributed by atoms with Gasteiger partial charge in [0.25, 0.3) is 0 Å². The number of rotatable bonds is 6. The molecule has 0 aliphatic carbocycles. The molecule has 1 aliphatic rings. The molecule has 1 fully saturated rings. The van der Waals surface area contributed by atoms with Crippen molar-refractivity contribution >= 4 is 28.1 Å². The maximum atomic E-state index is 13.4. The van der Waals surface area contributed by atoms with Gasteiger partial charge in [0.05, 0.1) is 12.6 Å². The average Bonchev–Trinajstić information content (AvgIpc) is 3.39. The second kappa shape index (κ2) is 9.83. The lowest BCUT2D eigenvalue weighted by Crippen LogP contribution is -2.38. The van der Waals surface area contributed by atoms with Gasteiger partial charge in [-0.15, -0.1) is 0 Å². The molecule has 1 N–H and O–H groups in total. The van der Waals surface area contributed by atoms with Crippen LogP contribution in [0.4, 0.5) is 19.0 Å². The minimum absolute atomic E-state index is 0.182. The number of thiophene rings is 1. The van der Waals surface area contributed by atoms with Gasteiger partial charge in [-0.2, -0.15) is 24.5 Å². The Labute approximate surface area is 205 Å². The van der Waals surface area contributed by atoms with E-state index < -0.39 is 11.9 Å². The van der Waals surface area contributed by atoms with Crippen LogP contribution in [-0.2, 0) is 12.7 Å². The minimum atomic E-state index is -4.51. The molecule has 3 aromatic heterocycles. The zero-order valence-corrected chi connectivity index (χ0v) is 20.0. The fraction of sp³-hybridized carbons (Fsp3) is 0.308. The highest BCUT2D eigenvalue weighted by molar-refractivity contribution is 7.08. The number of hydrogen-bond acceptors (Lipinski definition) is 6. The van der Waals surface area contributed by atoms with Crippen molar-refractivity contribution in [3.8, 4) is 16.9 Å². The van der Waals surface area contributed by atoms with Crippen molar-refractivity contribution in [2.24, 2.45) is 0 Å². The fourth-order valence-electron chi connectivity index (χ4n) is 4.47. The summed E-state index contributed by atoms with van der Waals surface area (Å²) in [5.41, 5.74) is 2.04. The molecule has 4 heterocycles. The number of likely N-dealkylation sites (tertiary alicyclic amines) is 1. The van der Waals surface area contributed by atoms with Gasteiger partial charge in [0.15, 0.2) is 0 Å². The Balaban J connectivity index is 1.34. The van der Waals surface area contributed by atoms with Gasteiger partial charge in [-0.1, -0.05) is 12.1 Å². The Kier molecular flexibility index (Phi) is 6.62. The lowest BCUT2D eigenvalue weighted by molar-refractivity contribution is -0.140.